The Morgan fingerprint density at radius 2 is 1.12 bits per heavy atom. The summed E-state index contributed by atoms with van der Waals surface area (Å²) in [6.45, 7) is 3.95. The molecule has 0 saturated heterocycles. The minimum absolute atomic E-state index is 0.108. The van der Waals surface area contributed by atoms with E-state index in [-0.39, 0.29) is 27.9 Å². The van der Waals surface area contributed by atoms with Gasteiger partial charge in [0.05, 0.1) is 11.4 Å². The van der Waals surface area contributed by atoms with Crippen LogP contribution in [0.3, 0.4) is 0 Å². The number of ether oxygens (including phenoxy) is 2. The summed E-state index contributed by atoms with van der Waals surface area (Å²) >= 11 is 0.124. The fourth-order valence-corrected chi connectivity index (χ4v) is 10.3. The van der Waals surface area contributed by atoms with Crippen LogP contribution in [-0.2, 0) is 4.43 Å². The number of hydrogen-bond donors (Lipinski definition) is 0. The van der Waals surface area contributed by atoms with Gasteiger partial charge in [-0.15, -0.1) is 0 Å². The molecule has 0 spiro atoms. The number of para-hydroxylation sites is 1. The maximum atomic E-state index is 6.84. The maximum absolute atomic E-state index is 6.84. The standard InChI is InChI=1S/C50H36BIN3O2/c1-30-9-6-13-41(53-30)33-19-23-45-39(25-33)51-40-26-34(42-14-7-10-31(2)54-42)20-24-46(40)57-48-28-36(27-47(56-45)50(48)51)32-17-21-37(22-18-32)55-43-15-5-4-12-38(43)49-35(29-52-3)11-8-16-44(49)55/h4-28H,29H2,1-3H3/q-1. The Labute approximate surface area is 342 Å². The molecule has 274 valence electrons. The Kier molecular flexibility index (Phi) is 8.07. The predicted octanol–water partition coefficient (Wildman–Crippen LogP) is 7.14. The van der Waals surface area contributed by atoms with E-state index in [1.165, 1.54) is 31.8 Å². The van der Waals surface area contributed by atoms with Crippen LogP contribution in [0, 0.1) is 13.8 Å². The first-order chi connectivity index (χ1) is 28.0. The zero-order valence-corrected chi connectivity index (χ0v) is 33.9. The minimum atomic E-state index is -0.108. The van der Waals surface area contributed by atoms with Crippen molar-refractivity contribution in [2.24, 2.45) is 0 Å². The summed E-state index contributed by atoms with van der Waals surface area (Å²) in [5.41, 5.74) is 16.4. The molecule has 0 N–H and O–H groups in total. The van der Waals surface area contributed by atoms with Crippen LogP contribution >= 0.6 is 0 Å². The number of halogens is 1. The van der Waals surface area contributed by atoms with Crippen LogP contribution in [0.4, 0.5) is 0 Å². The topological polar surface area (TPSA) is 49.2 Å². The van der Waals surface area contributed by atoms with Gasteiger partial charge in [0, 0.05) is 16.9 Å². The molecular weight excluding hydrogens is 812 g/mol. The average Bonchev–Trinajstić information content (AvgIpc) is 3.58. The van der Waals surface area contributed by atoms with Gasteiger partial charge in [-0.2, -0.15) is 0 Å². The number of fused-ring (bicyclic) bond motifs is 7. The molecule has 57 heavy (non-hydrogen) atoms. The summed E-state index contributed by atoms with van der Waals surface area (Å²) in [6.07, 6.45) is 0. The number of nitrogens with zero attached hydrogens (tertiary/aromatic N) is 3. The monoisotopic (exact) mass is 848 g/mol. The van der Waals surface area contributed by atoms with Gasteiger partial charge in [-0.05, 0) is 84.4 Å². The third-order valence-electron chi connectivity index (χ3n) is 11.4. The van der Waals surface area contributed by atoms with E-state index < -0.39 is 0 Å². The van der Waals surface area contributed by atoms with E-state index >= 15 is 0 Å². The van der Waals surface area contributed by atoms with Gasteiger partial charge in [-0.3, -0.25) is 9.97 Å². The molecule has 7 heteroatoms. The number of hydrogen-bond acceptors (Lipinski definition) is 4. The van der Waals surface area contributed by atoms with Crippen LogP contribution in [0.2, 0.25) is 0 Å². The van der Waals surface area contributed by atoms with E-state index in [9.17, 15) is 0 Å². The summed E-state index contributed by atoms with van der Waals surface area (Å²) in [6, 6.07) is 54.1. The number of pyridine rings is 2. The number of benzene rings is 6. The molecule has 0 atom stereocenters. The molecule has 0 fully saturated rings. The Bertz CT molecular complexity index is 2960. The van der Waals surface area contributed by atoms with Crippen LogP contribution in [0.5, 0.6) is 23.0 Å². The number of rotatable bonds is 6. The molecule has 11 rings (SSSR count). The third-order valence-corrected chi connectivity index (χ3v) is 12.9. The Morgan fingerprint density at radius 1 is 0.544 bits per heavy atom. The fraction of sp³-hybridized carbons (Fsp3) is 0.0800. The quantitative estimate of drug-likeness (QED) is 0.102. The van der Waals surface area contributed by atoms with Crippen LogP contribution in [0.25, 0.3) is 61.1 Å². The van der Waals surface area contributed by atoms with E-state index in [0.29, 0.717) is 0 Å². The zero-order valence-electron chi connectivity index (χ0n) is 31.8. The van der Waals surface area contributed by atoms with Gasteiger partial charge >= 0.3 is 170 Å². The molecule has 0 unspecified atom stereocenters. The van der Waals surface area contributed by atoms with Crippen molar-refractivity contribution in [2.45, 2.75) is 18.3 Å². The van der Waals surface area contributed by atoms with Crippen molar-refractivity contribution in [1.29, 1.82) is 0 Å². The second-order valence-electron chi connectivity index (χ2n) is 15.0. The van der Waals surface area contributed by atoms with E-state index in [0.717, 1.165) is 90.1 Å². The van der Waals surface area contributed by atoms with Crippen molar-refractivity contribution in [1.82, 2.24) is 14.5 Å². The summed E-state index contributed by atoms with van der Waals surface area (Å²) in [7, 11) is 0. The number of alkyl halides is 2. The zero-order chi connectivity index (χ0) is 38.2. The van der Waals surface area contributed by atoms with Gasteiger partial charge in [0.2, 0.25) is 0 Å². The molecule has 6 aromatic carbocycles. The molecule has 9 aromatic rings. The van der Waals surface area contributed by atoms with Crippen molar-refractivity contribution in [3.63, 3.8) is 0 Å². The van der Waals surface area contributed by atoms with Gasteiger partial charge in [-0.1, -0.05) is 24.3 Å². The molecular formula is C50H36BIN3O2-. The fourth-order valence-electron chi connectivity index (χ4n) is 8.83. The molecule has 2 aliphatic rings. The van der Waals surface area contributed by atoms with Gasteiger partial charge in [0.1, 0.15) is 11.5 Å². The SMILES string of the molecule is C[I-]Cc1cccc2c1c1ccccc1n2-c1ccc(-c2cc3c4c(c2)Oc2ccc(-c5cccc(C)n5)cc2B4c2cc(-c4cccc(C)n4)ccc2O3)cc1. The van der Waals surface area contributed by atoms with Gasteiger partial charge in [-0.25, -0.2) is 0 Å². The first-order valence-electron chi connectivity index (χ1n) is 19.3. The molecule has 0 radical (unpaired) electrons. The van der Waals surface area contributed by atoms with E-state index in [4.69, 9.17) is 19.4 Å². The molecule has 0 amide bonds. The number of aryl methyl sites for hydroxylation is 2. The Balaban J connectivity index is 1.04. The van der Waals surface area contributed by atoms with Crippen LogP contribution in [-0.4, -0.2) is 26.2 Å². The van der Waals surface area contributed by atoms with Crippen molar-refractivity contribution in [2.75, 3.05) is 4.93 Å². The van der Waals surface area contributed by atoms with Crippen LogP contribution in [0.1, 0.15) is 17.0 Å². The van der Waals surface area contributed by atoms with Gasteiger partial charge < -0.3 is 9.47 Å². The molecule has 5 nitrogen and oxygen atoms in total. The van der Waals surface area contributed by atoms with E-state index in [1.54, 1.807) is 0 Å². The first-order valence-corrected chi connectivity index (χ1v) is 22.9. The van der Waals surface area contributed by atoms with Crippen LogP contribution in [0.15, 0.2) is 152 Å². The average molecular weight is 849 g/mol. The van der Waals surface area contributed by atoms with Crippen molar-refractivity contribution in [3.05, 3.63) is 169 Å². The first kappa shape index (κ1) is 34.1. The normalized spacial score (nSPS) is 12.6. The second-order valence-corrected chi connectivity index (χ2v) is 17.3. The Morgan fingerprint density at radius 3 is 1.74 bits per heavy atom. The molecule has 3 aromatic heterocycles. The molecule has 0 aliphatic carbocycles. The summed E-state index contributed by atoms with van der Waals surface area (Å²) < 4.78 is 17.3. The number of aromatic nitrogens is 3. The summed E-state index contributed by atoms with van der Waals surface area (Å²) in [4.78, 5) is 12.1. The van der Waals surface area contributed by atoms with Crippen LogP contribution < -0.4 is 47.1 Å². The Hall–Kier alpha value is -6.19. The molecule has 0 saturated carbocycles. The van der Waals surface area contributed by atoms with Crippen molar-refractivity contribution in [3.8, 4) is 62.3 Å². The van der Waals surface area contributed by atoms with E-state index in [2.05, 4.69) is 149 Å². The van der Waals surface area contributed by atoms with Crippen molar-refractivity contribution < 1.29 is 30.7 Å². The van der Waals surface area contributed by atoms with E-state index in [1.807, 2.05) is 26.0 Å². The predicted molar refractivity (Wildman–Crippen MR) is 229 cm³/mol. The molecule has 2 aliphatic heterocycles. The molecule has 5 heterocycles. The summed E-state index contributed by atoms with van der Waals surface area (Å²) in [5.74, 6) is 3.29. The third kappa shape index (κ3) is 5.66. The molecule has 0 bridgehead atoms. The van der Waals surface area contributed by atoms with Gasteiger partial charge in [0.15, 0.2) is 0 Å². The summed E-state index contributed by atoms with van der Waals surface area (Å²) in [5, 5.41) is 2.69. The van der Waals surface area contributed by atoms with Crippen molar-refractivity contribution >= 4 is 44.9 Å². The second kappa shape index (κ2) is 13.5. The van der Waals surface area contributed by atoms with Gasteiger partial charge in [0.25, 0.3) is 6.71 Å².